The van der Waals surface area contributed by atoms with Gasteiger partial charge in [0.1, 0.15) is 0 Å². The molecule has 8 heteroatoms. The molecule has 3 rings (SSSR count). The number of hydrogen-bond donors (Lipinski definition) is 2. The summed E-state index contributed by atoms with van der Waals surface area (Å²) in [4.78, 5) is 14.8. The summed E-state index contributed by atoms with van der Waals surface area (Å²) in [7, 11) is -3.66. The normalized spacial score (nSPS) is 21.6. The van der Waals surface area contributed by atoms with E-state index in [9.17, 15) is 13.2 Å². The van der Waals surface area contributed by atoms with E-state index in [-0.39, 0.29) is 16.8 Å². The molecule has 26 heavy (non-hydrogen) atoms. The Balaban J connectivity index is 1.56. The minimum atomic E-state index is -3.66. The first-order valence-corrected chi connectivity index (χ1v) is 10.7. The number of carbonyl (C=O) groups excluding carboxylic acids is 1. The van der Waals surface area contributed by atoms with E-state index in [1.807, 2.05) is 0 Å². The van der Waals surface area contributed by atoms with Gasteiger partial charge in [0.25, 0.3) is 5.91 Å². The van der Waals surface area contributed by atoms with E-state index in [1.165, 1.54) is 31.4 Å². The highest BCUT2D eigenvalue weighted by Crippen LogP contribution is 2.14. The molecule has 7 nitrogen and oxygen atoms in total. The Morgan fingerprint density at radius 1 is 1.23 bits per heavy atom. The monoisotopic (exact) mass is 381 g/mol. The minimum Gasteiger partial charge on any atom is -0.380 e. The highest BCUT2D eigenvalue weighted by molar-refractivity contribution is 7.89. The molecule has 0 radical (unpaired) electrons. The Morgan fingerprint density at radius 2 is 2.04 bits per heavy atom. The number of rotatable bonds is 7. The van der Waals surface area contributed by atoms with Crippen molar-refractivity contribution in [3.63, 3.8) is 0 Å². The van der Waals surface area contributed by atoms with Crippen LogP contribution >= 0.6 is 0 Å². The number of piperidine rings is 1. The van der Waals surface area contributed by atoms with Crippen LogP contribution in [0.1, 0.15) is 36.0 Å². The predicted molar refractivity (Wildman–Crippen MR) is 98.6 cm³/mol. The summed E-state index contributed by atoms with van der Waals surface area (Å²) in [5.41, 5.74) is 0.356. The molecule has 0 aromatic heterocycles. The SMILES string of the molecule is O=C(NCCN1CCCCC1)c1cccc(S(=O)(=O)N[C@@H]2CCOC2)c1. The zero-order valence-electron chi connectivity index (χ0n) is 14.9. The summed E-state index contributed by atoms with van der Waals surface area (Å²) < 4.78 is 32.8. The average Bonchev–Trinajstić information content (AvgIpc) is 3.15. The second-order valence-corrected chi connectivity index (χ2v) is 8.58. The van der Waals surface area contributed by atoms with E-state index >= 15 is 0 Å². The summed E-state index contributed by atoms with van der Waals surface area (Å²) in [5, 5.41) is 2.88. The third-order valence-corrected chi connectivity index (χ3v) is 6.34. The second-order valence-electron chi connectivity index (χ2n) is 6.87. The Labute approximate surface area is 155 Å². The number of benzene rings is 1. The van der Waals surface area contributed by atoms with Crippen molar-refractivity contribution in [3.05, 3.63) is 29.8 Å². The van der Waals surface area contributed by atoms with Gasteiger partial charge in [-0.1, -0.05) is 12.5 Å². The molecule has 1 atom stereocenters. The number of likely N-dealkylation sites (tertiary alicyclic amines) is 1. The number of sulfonamides is 1. The molecule has 0 spiro atoms. The fourth-order valence-corrected chi connectivity index (χ4v) is 4.63. The van der Waals surface area contributed by atoms with E-state index in [4.69, 9.17) is 4.74 Å². The van der Waals surface area contributed by atoms with Crippen LogP contribution in [0, 0.1) is 0 Å². The molecule has 0 saturated carbocycles. The molecule has 2 aliphatic heterocycles. The van der Waals surface area contributed by atoms with Crippen LogP contribution in [-0.4, -0.2) is 64.7 Å². The van der Waals surface area contributed by atoms with Gasteiger partial charge in [-0.2, -0.15) is 0 Å². The Hall–Kier alpha value is -1.48. The molecule has 0 aliphatic carbocycles. The number of hydrogen-bond acceptors (Lipinski definition) is 5. The molecular weight excluding hydrogens is 354 g/mol. The molecule has 1 amide bonds. The van der Waals surface area contributed by atoms with E-state index in [0.29, 0.717) is 31.7 Å². The molecule has 0 unspecified atom stereocenters. The lowest BCUT2D eigenvalue weighted by atomic mass is 10.1. The second kappa shape index (κ2) is 8.94. The van der Waals surface area contributed by atoms with Crippen molar-refractivity contribution in [1.82, 2.24) is 14.9 Å². The van der Waals surface area contributed by atoms with Crippen molar-refractivity contribution in [2.24, 2.45) is 0 Å². The molecule has 2 fully saturated rings. The Kier molecular flexibility index (Phi) is 6.63. The first kappa shape index (κ1) is 19.3. The van der Waals surface area contributed by atoms with Gasteiger partial charge in [-0.15, -0.1) is 0 Å². The largest absolute Gasteiger partial charge is 0.380 e. The van der Waals surface area contributed by atoms with E-state index in [2.05, 4.69) is 14.9 Å². The lowest BCUT2D eigenvalue weighted by Gasteiger charge is -2.26. The van der Waals surface area contributed by atoms with Crippen LogP contribution in [0.15, 0.2) is 29.2 Å². The van der Waals surface area contributed by atoms with E-state index in [1.54, 1.807) is 12.1 Å². The molecule has 1 aromatic rings. The lowest BCUT2D eigenvalue weighted by Crippen LogP contribution is -2.37. The van der Waals surface area contributed by atoms with Gasteiger partial charge in [0.15, 0.2) is 0 Å². The van der Waals surface area contributed by atoms with E-state index in [0.717, 1.165) is 19.6 Å². The van der Waals surface area contributed by atoms with Gasteiger partial charge < -0.3 is 15.0 Å². The lowest BCUT2D eigenvalue weighted by molar-refractivity contribution is 0.0946. The number of ether oxygens (including phenoxy) is 1. The number of nitrogens with zero attached hydrogens (tertiary/aromatic N) is 1. The third-order valence-electron chi connectivity index (χ3n) is 4.82. The maximum Gasteiger partial charge on any atom is 0.251 e. The summed E-state index contributed by atoms with van der Waals surface area (Å²) in [6.45, 7) is 4.50. The van der Waals surface area contributed by atoms with Crippen LogP contribution in [0.5, 0.6) is 0 Å². The van der Waals surface area contributed by atoms with Gasteiger partial charge in [-0.05, 0) is 50.6 Å². The van der Waals surface area contributed by atoms with E-state index < -0.39 is 10.0 Å². The van der Waals surface area contributed by atoms with Gasteiger partial charge in [0, 0.05) is 31.3 Å². The van der Waals surface area contributed by atoms with Gasteiger partial charge in [-0.25, -0.2) is 13.1 Å². The smallest absolute Gasteiger partial charge is 0.251 e. The maximum atomic E-state index is 12.5. The van der Waals surface area contributed by atoms with Crippen LogP contribution in [-0.2, 0) is 14.8 Å². The number of amides is 1. The average molecular weight is 381 g/mol. The van der Waals surface area contributed by atoms with Crippen LogP contribution in [0.3, 0.4) is 0 Å². The highest BCUT2D eigenvalue weighted by atomic mass is 32.2. The van der Waals surface area contributed by atoms with Crippen molar-refractivity contribution in [3.8, 4) is 0 Å². The zero-order chi connectivity index (χ0) is 18.4. The molecule has 2 heterocycles. The highest BCUT2D eigenvalue weighted by Gasteiger charge is 2.24. The van der Waals surface area contributed by atoms with Gasteiger partial charge in [-0.3, -0.25) is 4.79 Å². The summed E-state index contributed by atoms with van der Waals surface area (Å²) in [5.74, 6) is -0.247. The predicted octanol–water partition coefficient (Wildman–Crippen LogP) is 0.970. The van der Waals surface area contributed by atoms with Crippen LogP contribution in [0.25, 0.3) is 0 Å². The summed E-state index contributed by atoms with van der Waals surface area (Å²) >= 11 is 0. The minimum absolute atomic E-state index is 0.105. The molecular formula is C18H27N3O4S. The summed E-state index contributed by atoms with van der Waals surface area (Å²) in [6, 6.07) is 5.95. The van der Waals surface area contributed by atoms with Gasteiger partial charge in [0.2, 0.25) is 10.0 Å². The van der Waals surface area contributed by atoms with Crippen molar-refractivity contribution in [1.29, 1.82) is 0 Å². The van der Waals surface area contributed by atoms with Crippen LogP contribution in [0.4, 0.5) is 0 Å². The third kappa shape index (κ3) is 5.26. The fourth-order valence-electron chi connectivity index (χ4n) is 3.33. The molecule has 1 aromatic carbocycles. The van der Waals surface area contributed by atoms with Crippen molar-refractivity contribution in [2.45, 2.75) is 36.6 Å². The number of nitrogens with one attached hydrogen (secondary N) is 2. The Morgan fingerprint density at radius 3 is 2.77 bits per heavy atom. The molecule has 2 saturated heterocycles. The summed E-state index contributed by atoms with van der Waals surface area (Å²) in [6.07, 6.45) is 4.38. The number of carbonyl (C=O) groups is 1. The maximum absolute atomic E-state index is 12.5. The van der Waals surface area contributed by atoms with Crippen LogP contribution < -0.4 is 10.0 Å². The first-order chi connectivity index (χ1) is 12.5. The Bertz CT molecular complexity index is 711. The molecule has 2 N–H and O–H groups in total. The van der Waals surface area contributed by atoms with Crippen molar-refractivity contribution < 1.29 is 17.9 Å². The van der Waals surface area contributed by atoms with Gasteiger partial charge in [0.05, 0.1) is 11.5 Å². The molecule has 144 valence electrons. The first-order valence-electron chi connectivity index (χ1n) is 9.25. The fraction of sp³-hybridized carbons (Fsp3) is 0.611. The standard InChI is InChI=1S/C18H27N3O4S/c22-18(19-8-11-21-9-2-1-3-10-21)15-5-4-6-17(13-15)26(23,24)20-16-7-12-25-14-16/h4-6,13,16,20H,1-3,7-12,14H2,(H,19,22)/t16-/m1/s1. The van der Waals surface area contributed by atoms with Crippen LogP contribution in [0.2, 0.25) is 0 Å². The zero-order valence-corrected chi connectivity index (χ0v) is 15.8. The van der Waals surface area contributed by atoms with Crippen molar-refractivity contribution in [2.75, 3.05) is 39.4 Å². The molecule has 2 aliphatic rings. The molecule has 0 bridgehead atoms. The van der Waals surface area contributed by atoms with Crippen molar-refractivity contribution >= 4 is 15.9 Å². The van der Waals surface area contributed by atoms with Gasteiger partial charge >= 0.3 is 0 Å². The quantitative estimate of drug-likeness (QED) is 0.735. The topological polar surface area (TPSA) is 87.7 Å².